The number of anilines is 2. The van der Waals surface area contributed by atoms with Gasteiger partial charge in [0, 0.05) is 37.5 Å². The summed E-state index contributed by atoms with van der Waals surface area (Å²) < 4.78 is 23.6. The van der Waals surface area contributed by atoms with Crippen molar-refractivity contribution in [2.24, 2.45) is 0 Å². The summed E-state index contributed by atoms with van der Waals surface area (Å²) in [5.74, 6) is 0.909. The number of nitrogen functional groups attached to an aromatic ring is 2. The molecule has 0 atom stereocenters. The van der Waals surface area contributed by atoms with Gasteiger partial charge in [-0.1, -0.05) is 48.5 Å². The van der Waals surface area contributed by atoms with E-state index in [4.69, 9.17) is 20.5 Å². The molecule has 0 bridgehead atoms. The van der Waals surface area contributed by atoms with Crippen molar-refractivity contribution in [3.63, 3.8) is 0 Å². The van der Waals surface area contributed by atoms with Crippen LogP contribution in [0.1, 0.15) is 0 Å². The first-order valence-corrected chi connectivity index (χ1v) is 9.10. The Morgan fingerprint density at radius 1 is 0.577 bits per heavy atom. The van der Waals surface area contributed by atoms with Gasteiger partial charge in [-0.05, 0) is 24.3 Å². The second kappa shape index (κ2) is 6.54. The Morgan fingerprint density at radius 2 is 0.962 bits per heavy atom. The van der Waals surface area contributed by atoms with Crippen LogP contribution in [0.25, 0.3) is 21.5 Å². The van der Waals surface area contributed by atoms with Crippen LogP contribution in [0.5, 0.6) is 11.5 Å². The van der Waals surface area contributed by atoms with Gasteiger partial charge >= 0.3 is 8.25 Å². The van der Waals surface area contributed by atoms with Crippen LogP contribution in [0.15, 0.2) is 72.8 Å². The molecule has 6 heteroatoms. The van der Waals surface area contributed by atoms with E-state index >= 15 is 0 Å². The van der Waals surface area contributed by atoms with Crippen molar-refractivity contribution < 1.29 is 13.6 Å². The van der Waals surface area contributed by atoms with Gasteiger partial charge in [-0.15, -0.1) is 0 Å². The van der Waals surface area contributed by atoms with Gasteiger partial charge in [0.25, 0.3) is 0 Å². The molecule has 0 aliphatic rings. The van der Waals surface area contributed by atoms with Gasteiger partial charge in [0.2, 0.25) is 0 Å². The Morgan fingerprint density at radius 3 is 1.38 bits per heavy atom. The van der Waals surface area contributed by atoms with Crippen molar-refractivity contribution in [2.45, 2.75) is 0 Å². The summed E-state index contributed by atoms with van der Waals surface area (Å²) in [6.07, 6.45) is 0. The monoisotopic (exact) mass is 363 g/mol. The molecule has 0 aliphatic carbocycles. The molecule has 0 heterocycles. The van der Waals surface area contributed by atoms with E-state index in [1.807, 2.05) is 48.5 Å². The minimum Gasteiger partial charge on any atom is -0.398 e. The highest BCUT2D eigenvalue weighted by atomic mass is 31.1. The van der Waals surface area contributed by atoms with E-state index in [2.05, 4.69) is 0 Å². The Bertz CT molecular complexity index is 1060. The second-order valence-electron chi connectivity index (χ2n) is 5.80. The van der Waals surface area contributed by atoms with Crippen LogP contribution in [-0.2, 0) is 4.57 Å². The van der Waals surface area contributed by atoms with E-state index in [-0.39, 0.29) is 0 Å². The van der Waals surface area contributed by atoms with Gasteiger partial charge in [0.15, 0.2) is 11.5 Å². The van der Waals surface area contributed by atoms with E-state index in [1.54, 1.807) is 24.3 Å². The maximum atomic E-state index is 12.5. The van der Waals surface area contributed by atoms with Gasteiger partial charge in [-0.3, -0.25) is 0 Å². The van der Waals surface area contributed by atoms with E-state index < -0.39 is 8.25 Å². The molecule has 128 valence electrons. The van der Waals surface area contributed by atoms with Gasteiger partial charge in [-0.25, -0.2) is 9.05 Å². The molecule has 0 amide bonds. The molecule has 0 aliphatic heterocycles. The molecule has 4 aromatic rings. The molecule has 0 saturated heterocycles. The van der Waals surface area contributed by atoms with Crippen molar-refractivity contribution in [2.75, 3.05) is 11.5 Å². The van der Waals surface area contributed by atoms with Crippen LogP contribution in [0.4, 0.5) is 11.4 Å². The summed E-state index contributed by atoms with van der Waals surface area (Å²) in [6.45, 7) is 0. The van der Waals surface area contributed by atoms with Crippen LogP contribution in [0, 0.1) is 0 Å². The quantitative estimate of drug-likeness (QED) is 0.381. The largest absolute Gasteiger partial charge is 0.805 e. The molecule has 0 saturated carbocycles. The molecule has 5 nitrogen and oxygen atoms in total. The van der Waals surface area contributed by atoms with Gasteiger partial charge < -0.3 is 11.5 Å². The fraction of sp³-hybridized carbons (Fsp3) is 0. The number of fused-ring (bicyclic) bond motifs is 2. The summed E-state index contributed by atoms with van der Waals surface area (Å²) in [5, 5.41) is 3.24. The molecule has 0 unspecified atom stereocenters. The van der Waals surface area contributed by atoms with Crippen molar-refractivity contribution >= 4 is 41.2 Å². The molecule has 4 N–H and O–H groups in total. The third-order valence-electron chi connectivity index (χ3n) is 4.18. The van der Waals surface area contributed by atoms with Crippen molar-refractivity contribution in [3.05, 3.63) is 72.8 Å². The number of nitrogens with two attached hydrogens (primary N) is 2. The summed E-state index contributed by atoms with van der Waals surface area (Å²) in [6, 6.07) is 21.8. The zero-order chi connectivity index (χ0) is 18.1. The lowest BCUT2D eigenvalue weighted by molar-refractivity contribution is 0.419. The summed E-state index contributed by atoms with van der Waals surface area (Å²) in [5.41, 5.74) is 13.2. The minimum atomic E-state index is -2.43. The van der Waals surface area contributed by atoms with E-state index in [9.17, 15) is 4.57 Å². The topological polar surface area (TPSA) is 87.6 Å². The van der Waals surface area contributed by atoms with Gasteiger partial charge in [-0.2, -0.15) is 0 Å². The SMILES string of the molecule is Nc1ccc(O[P+](=O)Oc2ccc(N)c3ccccc23)c2ccccc12. The molecule has 4 rings (SSSR count). The summed E-state index contributed by atoms with van der Waals surface area (Å²) in [7, 11) is -2.43. The predicted octanol–water partition coefficient (Wildman–Crippen LogP) is 5.27. The third-order valence-corrected chi connectivity index (χ3v) is 4.87. The fourth-order valence-electron chi connectivity index (χ4n) is 2.93. The van der Waals surface area contributed by atoms with Crippen LogP contribution in [-0.4, -0.2) is 0 Å². The first-order valence-electron chi connectivity index (χ1n) is 8.01. The van der Waals surface area contributed by atoms with Crippen LogP contribution >= 0.6 is 8.25 Å². The normalized spacial score (nSPS) is 10.8. The van der Waals surface area contributed by atoms with E-state index in [0.29, 0.717) is 22.9 Å². The number of benzene rings is 4. The summed E-state index contributed by atoms with van der Waals surface area (Å²) in [4.78, 5) is 0. The van der Waals surface area contributed by atoms with Gasteiger partial charge in [0.05, 0.1) is 0 Å². The third kappa shape index (κ3) is 2.89. The lowest BCUT2D eigenvalue weighted by Crippen LogP contribution is -1.94. The maximum Gasteiger partial charge on any atom is 0.805 e. The zero-order valence-corrected chi connectivity index (χ0v) is 14.6. The van der Waals surface area contributed by atoms with Crippen LogP contribution in [0.2, 0.25) is 0 Å². The highest BCUT2D eigenvalue weighted by Crippen LogP contribution is 2.39. The molecule has 0 spiro atoms. The lowest BCUT2D eigenvalue weighted by atomic mass is 10.1. The molecule has 0 fully saturated rings. The standard InChI is InChI=1S/C20H16N2O3P/c21-17-9-11-19(15-7-3-1-5-13(15)17)24-26(23)25-20-12-10-18(22)14-6-2-4-8-16(14)20/h1-12H,21-22H2/q+1. The minimum absolute atomic E-state index is 0.454. The average Bonchev–Trinajstić information content (AvgIpc) is 2.67. The maximum absolute atomic E-state index is 12.5. The Balaban J connectivity index is 1.65. The molecule has 0 aromatic heterocycles. The lowest BCUT2D eigenvalue weighted by Gasteiger charge is -2.05. The average molecular weight is 363 g/mol. The van der Waals surface area contributed by atoms with E-state index in [0.717, 1.165) is 21.5 Å². The van der Waals surface area contributed by atoms with Crippen molar-refractivity contribution in [1.29, 1.82) is 0 Å². The number of hydrogen-bond donors (Lipinski definition) is 2. The molecule has 4 aromatic carbocycles. The van der Waals surface area contributed by atoms with Crippen LogP contribution < -0.4 is 20.5 Å². The molecule has 0 radical (unpaired) electrons. The van der Waals surface area contributed by atoms with Gasteiger partial charge in [0.1, 0.15) is 0 Å². The second-order valence-corrected chi connectivity index (χ2v) is 6.62. The Labute approximate surface area is 151 Å². The van der Waals surface area contributed by atoms with E-state index in [1.165, 1.54) is 0 Å². The number of hydrogen-bond acceptors (Lipinski definition) is 5. The first kappa shape index (κ1) is 16.2. The highest BCUT2D eigenvalue weighted by molar-refractivity contribution is 7.34. The molecular weight excluding hydrogens is 347 g/mol. The Kier molecular flexibility index (Phi) is 4.07. The molecular formula is C20H16N2O3P+. The smallest absolute Gasteiger partial charge is 0.398 e. The predicted molar refractivity (Wildman–Crippen MR) is 106 cm³/mol. The highest BCUT2D eigenvalue weighted by Gasteiger charge is 2.27. The number of rotatable bonds is 4. The summed E-state index contributed by atoms with van der Waals surface area (Å²) >= 11 is 0. The zero-order valence-electron chi connectivity index (χ0n) is 13.8. The molecule has 26 heavy (non-hydrogen) atoms. The van der Waals surface area contributed by atoms with Crippen molar-refractivity contribution in [1.82, 2.24) is 0 Å². The fourth-order valence-corrected chi connectivity index (χ4v) is 3.60. The van der Waals surface area contributed by atoms with Crippen LogP contribution in [0.3, 0.4) is 0 Å². The van der Waals surface area contributed by atoms with Crippen molar-refractivity contribution in [3.8, 4) is 11.5 Å². The Hall–Kier alpha value is -3.30. The first-order chi connectivity index (χ1) is 12.6.